The minimum absolute atomic E-state index is 0.131. The Hall–Kier alpha value is -2.68. The summed E-state index contributed by atoms with van der Waals surface area (Å²) < 4.78 is 42.8. The first-order valence-corrected chi connectivity index (χ1v) is 10.3. The molecule has 1 aromatic heterocycles. The van der Waals surface area contributed by atoms with Crippen molar-refractivity contribution in [2.75, 3.05) is 26.3 Å². The molecule has 0 bridgehead atoms. The number of hydrogen-bond donors (Lipinski definition) is 0. The smallest absolute Gasteiger partial charge is 0.379 e. The molecule has 3 aromatic rings. The van der Waals surface area contributed by atoms with E-state index in [9.17, 15) is 13.2 Å². The zero-order chi connectivity index (χ0) is 19.7. The molecule has 1 fully saturated rings. The van der Waals surface area contributed by atoms with Gasteiger partial charge in [0.1, 0.15) is 11.3 Å². The molecule has 0 atom stereocenters. The molecule has 28 heavy (non-hydrogen) atoms. The fraction of sp³-hybridized carbons (Fsp3) is 0.250. The van der Waals surface area contributed by atoms with E-state index in [2.05, 4.69) is 0 Å². The van der Waals surface area contributed by atoms with E-state index in [1.54, 1.807) is 13.0 Å². The summed E-state index contributed by atoms with van der Waals surface area (Å²) in [4.78, 5) is 12.6. The van der Waals surface area contributed by atoms with E-state index in [0.717, 1.165) is 5.39 Å². The van der Waals surface area contributed by atoms with Crippen LogP contribution in [-0.4, -0.2) is 45.0 Å². The highest BCUT2D eigenvalue weighted by molar-refractivity contribution is 7.89. The number of furan rings is 1. The molecule has 0 spiro atoms. The van der Waals surface area contributed by atoms with E-state index >= 15 is 0 Å². The lowest BCUT2D eigenvalue weighted by Crippen LogP contribution is -2.40. The van der Waals surface area contributed by atoms with Crippen LogP contribution >= 0.6 is 0 Å². The van der Waals surface area contributed by atoms with E-state index in [4.69, 9.17) is 13.9 Å². The van der Waals surface area contributed by atoms with Crippen molar-refractivity contribution in [1.29, 1.82) is 0 Å². The lowest BCUT2D eigenvalue weighted by Gasteiger charge is -2.26. The Morgan fingerprint density at radius 3 is 2.39 bits per heavy atom. The molecule has 4 rings (SSSR count). The second-order valence-electron chi connectivity index (χ2n) is 6.43. The van der Waals surface area contributed by atoms with Gasteiger partial charge < -0.3 is 13.9 Å². The third-order valence-electron chi connectivity index (χ3n) is 4.67. The molecule has 0 aliphatic carbocycles. The molecule has 2 aromatic carbocycles. The van der Waals surface area contributed by atoms with Crippen LogP contribution in [0.4, 0.5) is 0 Å². The Bertz CT molecular complexity index is 1110. The summed E-state index contributed by atoms with van der Waals surface area (Å²) in [6, 6.07) is 13.1. The van der Waals surface area contributed by atoms with Gasteiger partial charge in [0.25, 0.3) is 0 Å². The average molecular weight is 401 g/mol. The van der Waals surface area contributed by atoms with Crippen molar-refractivity contribution >= 4 is 27.0 Å². The van der Waals surface area contributed by atoms with Gasteiger partial charge in [-0.15, -0.1) is 0 Å². The Morgan fingerprint density at radius 1 is 1.04 bits per heavy atom. The molecule has 0 radical (unpaired) electrons. The third kappa shape index (κ3) is 3.42. The molecular formula is C20H19NO6S. The molecule has 0 unspecified atom stereocenters. The number of sulfonamides is 1. The zero-order valence-electron chi connectivity index (χ0n) is 15.3. The summed E-state index contributed by atoms with van der Waals surface area (Å²) >= 11 is 0. The molecular weight excluding hydrogens is 382 g/mol. The number of aryl methyl sites for hydroxylation is 1. The predicted octanol–water partition coefficient (Wildman–Crippen LogP) is 2.98. The topological polar surface area (TPSA) is 86.1 Å². The maximum absolute atomic E-state index is 12.6. The largest absolute Gasteiger partial charge is 0.449 e. The zero-order valence-corrected chi connectivity index (χ0v) is 16.1. The van der Waals surface area contributed by atoms with Crippen molar-refractivity contribution < 1.29 is 27.1 Å². The number of morpholine rings is 1. The monoisotopic (exact) mass is 401 g/mol. The first kappa shape index (κ1) is 18.7. The second-order valence-corrected chi connectivity index (χ2v) is 8.37. The fourth-order valence-electron chi connectivity index (χ4n) is 3.14. The van der Waals surface area contributed by atoms with Crippen LogP contribution < -0.4 is 4.74 Å². The minimum atomic E-state index is -3.59. The molecule has 1 aliphatic heterocycles. The Morgan fingerprint density at radius 2 is 1.71 bits per heavy atom. The van der Waals surface area contributed by atoms with Crippen LogP contribution in [-0.2, 0) is 14.8 Å². The Balaban J connectivity index is 1.52. The summed E-state index contributed by atoms with van der Waals surface area (Å²) in [5, 5.41) is 0.849. The lowest BCUT2D eigenvalue weighted by molar-refractivity contribution is 0.0702. The van der Waals surface area contributed by atoms with Crippen LogP contribution in [0.1, 0.15) is 16.1 Å². The molecule has 0 amide bonds. The van der Waals surface area contributed by atoms with E-state index in [1.165, 1.54) is 28.6 Å². The summed E-state index contributed by atoms with van der Waals surface area (Å²) in [5.41, 5.74) is 1.31. The van der Waals surface area contributed by atoms with E-state index in [1.807, 2.05) is 18.2 Å². The van der Waals surface area contributed by atoms with Crippen molar-refractivity contribution in [2.45, 2.75) is 11.8 Å². The van der Waals surface area contributed by atoms with Gasteiger partial charge in [-0.25, -0.2) is 13.2 Å². The Kier molecular flexibility index (Phi) is 4.92. The number of para-hydroxylation sites is 1. The number of esters is 1. The second kappa shape index (κ2) is 7.38. The van der Waals surface area contributed by atoms with Crippen LogP contribution in [0.3, 0.4) is 0 Å². The van der Waals surface area contributed by atoms with Crippen molar-refractivity contribution in [3.05, 3.63) is 59.9 Å². The number of hydrogen-bond acceptors (Lipinski definition) is 6. The van der Waals surface area contributed by atoms with Gasteiger partial charge in [-0.05, 0) is 37.3 Å². The highest BCUT2D eigenvalue weighted by atomic mass is 32.2. The highest BCUT2D eigenvalue weighted by Gasteiger charge is 2.26. The molecule has 1 saturated heterocycles. The summed E-state index contributed by atoms with van der Waals surface area (Å²) in [7, 11) is -3.59. The number of nitrogens with zero attached hydrogens (tertiary/aromatic N) is 1. The molecule has 1 aliphatic rings. The SMILES string of the molecule is Cc1c(C(=O)Oc2ccc(S(=O)(=O)N3CCOCC3)cc2)oc2ccccc12. The molecule has 7 nitrogen and oxygen atoms in total. The predicted molar refractivity (Wildman–Crippen MR) is 102 cm³/mol. The maximum Gasteiger partial charge on any atom is 0.379 e. The van der Waals surface area contributed by atoms with Crippen LogP contribution in [0, 0.1) is 6.92 Å². The van der Waals surface area contributed by atoms with Crippen LogP contribution in [0.5, 0.6) is 5.75 Å². The molecule has 0 N–H and O–H groups in total. The fourth-order valence-corrected chi connectivity index (χ4v) is 4.55. The molecule has 0 saturated carbocycles. The van der Waals surface area contributed by atoms with Crippen LogP contribution in [0.25, 0.3) is 11.0 Å². The van der Waals surface area contributed by atoms with Gasteiger partial charge in [-0.1, -0.05) is 18.2 Å². The number of ether oxygens (including phenoxy) is 2. The first-order chi connectivity index (χ1) is 13.5. The van der Waals surface area contributed by atoms with Gasteiger partial charge in [-0.2, -0.15) is 4.31 Å². The summed E-state index contributed by atoms with van der Waals surface area (Å²) in [6.07, 6.45) is 0. The van der Waals surface area contributed by atoms with Gasteiger partial charge in [0.2, 0.25) is 15.8 Å². The standard InChI is InChI=1S/C20H19NO6S/c1-14-17-4-2-3-5-18(17)27-19(14)20(22)26-15-6-8-16(9-7-15)28(23,24)21-10-12-25-13-11-21/h2-9H,10-13H2,1H3. The number of benzene rings is 2. The average Bonchev–Trinajstić information content (AvgIpc) is 3.06. The minimum Gasteiger partial charge on any atom is -0.449 e. The van der Waals surface area contributed by atoms with Crippen molar-refractivity contribution in [3.8, 4) is 5.75 Å². The van der Waals surface area contributed by atoms with Gasteiger partial charge in [0, 0.05) is 24.0 Å². The lowest BCUT2D eigenvalue weighted by atomic mass is 10.1. The van der Waals surface area contributed by atoms with E-state index < -0.39 is 16.0 Å². The molecule has 8 heteroatoms. The number of carbonyl (C=O) groups excluding carboxylic acids is 1. The molecule has 2 heterocycles. The van der Waals surface area contributed by atoms with Crippen LogP contribution in [0.2, 0.25) is 0 Å². The van der Waals surface area contributed by atoms with Gasteiger partial charge in [0.05, 0.1) is 18.1 Å². The third-order valence-corrected chi connectivity index (χ3v) is 6.58. The van der Waals surface area contributed by atoms with Gasteiger partial charge in [-0.3, -0.25) is 0 Å². The van der Waals surface area contributed by atoms with Crippen molar-refractivity contribution in [3.63, 3.8) is 0 Å². The number of rotatable bonds is 4. The van der Waals surface area contributed by atoms with Crippen molar-refractivity contribution in [2.24, 2.45) is 0 Å². The molecule has 146 valence electrons. The van der Waals surface area contributed by atoms with E-state index in [-0.39, 0.29) is 16.4 Å². The highest BCUT2D eigenvalue weighted by Crippen LogP contribution is 2.27. The van der Waals surface area contributed by atoms with Crippen LogP contribution in [0.15, 0.2) is 57.8 Å². The summed E-state index contributed by atoms with van der Waals surface area (Å²) in [6.45, 7) is 3.20. The maximum atomic E-state index is 12.6. The quantitative estimate of drug-likeness (QED) is 0.493. The normalized spacial score (nSPS) is 15.6. The van der Waals surface area contributed by atoms with Crippen molar-refractivity contribution in [1.82, 2.24) is 4.31 Å². The Labute approximate surface area is 162 Å². The first-order valence-electron chi connectivity index (χ1n) is 8.85. The van der Waals surface area contributed by atoms with E-state index in [0.29, 0.717) is 37.4 Å². The van der Waals surface area contributed by atoms with Gasteiger partial charge in [0.15, 0.2) is 0 Å². The number of fused-ring (bicyclic) bond motifs is 1. The summed E-state index contributed by atoms with van der Waals surface area (Å²) in [5.74, 6) is -0.255. The number of carbonyl (C=O) groups is 1. The van der Waals surface area contributed by atoms with Gasteiger partial charge >= 0.3 is 5.97 Å².